The molecule has 6 nitrogen and oxygen atoms in total. The lowest BCUT2D eigenvalue weighted by Gasteiger charge is -2.25. The number of benzene rings is 2. The predicted molar refractivity (Wildman–Crippen MR) is 104 cm³/mol. The SMILES string of the molecule is NC(C(=O)NCc1ccc(S(=O)(=O)N2CCCCC2)cc1)c1ccccc1. The highest BCUT2D eigenvalue weighted by Crippen LogP contribution is 2.21. The number of nitrogens with zero attached hydrogens (tertiary/aromatic N) is 1. The van der Waals surface area contributed by atoms with Crippen molar-refractivity contribution in [2.24, 2.45) is 5.73 Å². The zero-order chi connectivity index (χ0) is 19.3. The Morgan fingerprint density at radius 2 is 1.63 bits per heavy atom. The molecule has 1 atom stereocenters. The van der Waals surface area contributed by atoms with Gasteiger partial charge in [0.05, 0.1) is 4.90 Å². The molecule has 0 saturated carbocycles. The fourth-order valence-electron chi connectivity index (χ4n) is 3.14. The molecule has 1 saturated heterocycles. The molecule has 1 unspecified atom stereocenters. The van der Waals surface area contributed by atoms with Gasteiger partial charge in [-0.15, -0.1) is 0 Å². The molecule has 0 aromatic heterocycles. The maximum atomic E-state index is 12.7. The molecule has 2 aromatic rings. The van der Waals surface area contributed by atoms with E-state index in [1.807, 2.05) is 30.3 Å². The summed E-state index contributed by atoms with van der Waals surface area (Å²) in [5.41, 5.74) is 7.54. The van der Waals surface area contributed by atoms with E-state index < -0.39 is 16.1 Å². The third kappa shape index (κ3) is 4.74. The van der Waals surface area contributed by atoms with E-state index in [2.05, 4.69) is 5.32 Å². The normalized spacial score (nSPS) is 16.6. The van der Waals surface area contributed by atoms with Crippen LogP contribution >= 0.6 is 0 Å². The van der Waals surface area contributed by atoms with Gasteiger partial charge in [0.2, 0.25) is 15.9 Å². The van der Waals surface area contributed by atoms with Crippen LogP contribution in [0, 0.1) is 0 Å². The largest absolute Gasteiger partial charge is 0.350 e. The number of amides is 1. The third-order valence-corrected chi connectivity index (χ3v) is 6.70. The van der Waals surface area contributed by atoms with Crippen molar-refractivity contribution < 1.29 is 13.2 Å². The smallest absolute Gasteiger partial charge is 0.243 e. The molecule has 1 aliphatic rings. The first-order valence-electron chi connectivity index (χ1n) is 9.16. The summed E-state index contributed by atoms with van der Waals surface area (Å²) in [5.74, 6) is -0.272. The molecule has 0 spiro atoms. The van der Waals surface area contributed by atoms with E-state index in [9.17, 15) is 13.2 Å². The second-order valence-corrected chi connectivity index (χ2v) is 8.65. The first kappa shape index (κ1) is 19.5. The van der Waals surface area contributed by atoms with Gasteiger partial charge in [0, 0.05) is 19.6 Å². The first-order valence-corrected chi connectivity index (χ1v) is 10.6. The molecular formula is C20H25N3O3S. The maximum Gasteiger partial charge on any atom is 0.243 e. The van der Waals surface area contributed by atoms with Gasteiger partial charge in [-0.25, -0.2) is 8.42 Å². The van der Waals surface area contributed by atoms with Crippen LogP contribution < -0.4 is 11.1 Å². The third-order valence-electron chi connectivity index (χ3n) is 4.78. The number of hydrogen-bond donors (Lipinski definition) is 2. The monoisotopic (exact) mass is 387 g/mol. The molecule has 2 aromatic carbocycles. The Bertz CT molecular complexity index is 861. The zero-order valence-corrected chi connectivity index (χ0v) is 16.0. The number of hydrogen-bond acceptors (Lipinski definition) is 4. The van der Waals surface area contributed by atoms with Crippen LogP contribution in [0.2, 0.25) is 0 Å². The maximum absolute atomic E-state index is 12.7. The number of carbonyl (C=O) groups is 1. The quantitative estimate of drug-likeness (QED) is 0.795. The Hall–Kier alpha value is -2.22. The summed E-state index contributed by atoms with van der Waals surface area (Å²) < 4.78 is 26.8. The van der Waals surface area contributed by atoms with Gasteiger partial charge in [-0.2, -0.15) is 4.31 Å². The summed E-state index contributed by atoms with van der Waals surface area (Å²) in [6, 6.07) is 15.1. The minimum absolute atomic E-state index is 0.272. The van der Waals surface area contributed by atoms with Crippen LogP contribution in [-0.4, -0.2) is 31.7 Å². The minimum Gasteiger partial charge on any atom is -0.350 e. The average molecular weight is 388 g/mol. The molecule has 1 heterocycles. The van der Waals surface area contributed by atoms with Gasteiger partial charge >= 0.3 is 0 Å². The summed E-state index contributed by atoms with van der Waals surface area (Å²) in [6.07, 6.45) is 2.89. The van der Waals surface area contributed by atoms with Crippen molar-refractivity contribution in [2.75, 3.05) is 13.1 Å². The number of nitrogens with one attached hydrogen (secondary N) is 1. The topological polar surface area (TPSA) is 92.5 Å². The van der Waals surface area contributed by atoms with Gasteiger partial charge in [-0.1, -0.05) is 48.9 Å². The summed E-state index contributed by atoms with van der Waals surface area (Å²) in [7, 11) is -3.43. The zero-order valence-electron chi connectivity index (χ0n) is 15.2. The van der Waals surface area contributed by atoms with Crippen molar-refractivity contribution in [3.63, 3.8) is 0 Å². The van der Waals surface area contributed by atoms with Gasteiger partial charge in [0.1, 0.15) is 6.04 Å². The Morgan fingerprint density at radius 1 is 1.00 bits per heavy atom. The van der Waals surface area contributed by atoms with Gasteiger partial charge in [-0.05, 0) is 36.1 Å². The molecule has 7 heteroatoms. The Kier molecular flexibility index (Phi) is 6.26. The second-order valence-electron chi connectivity index (χ2n) is 6.71. The van der Waals surface area contributed by atoms with E-state index in [1.54, 1.807) is 28.6 Å². The van der Waals surface area contributed by atoms with Crippen molar-refractivity contribution in [2.45, 2.75) is 36.7 Å². The van der Waals surface area contributed by atoms with Crippen molar-refractivity contribution in [1.29, 1.82) is 0 Å². The molecule has 144 valence electrons. The molecule has 0 aliphatic carbocycles. The summed E-state index contributed by atoms with van der Waals surface area (Å²) >= 11 is 0. The Morgan fingerprint density at radius 3 is 2.26 bits per heavy atom. The van der Waals surface area contributed by atoms with Crippen LogP contribution in [0.5, 0.6) is 0 Å². The van der Waals surface area contributed by atoms with Gasteiger partial charge in [-0.3, -0.25) is 4.79 Å². The molecule has 3 rings (SSSR count). The lowest BCUT2D eigenvalue weighted by atomic mass is 10.1. The van der Waals surface area contributed by atoms with Crippen LogP contribution in [-0.2, 0) is 21.4 Å². The van der Waals surface area contributed by atoms with Gasteiger partial charge in [0.25, 0.3) is 0 Å². The summed E-state index contributed by atoms with van der Waals surface area (Å²) in [6.45, 7) is 1.46. The number of sulfonamides is 1. The van der Waals surface area contributed by atoms with Crippen LogP contribution in [0.1, 0.15) is 36.4 Å². The molecule has 1 amide bonds. The highest BCUT2D eigenvalue weighted by atomic mass is 32.2. The molecule has 27 heavy (non-hydrogen) atoms. The van der Waals surface area contributed by atoms with E-state index in [4.69, 9.17) is 5.73 Å². The molecule has 3 N–H and O–H groups in total. The van der Waals surface area contributed by atoms with Crippen LogP contribution in [0.3, 0.4) is 0 Å². The fraction of sp³-hybridized carbons (Fsp3) is 0.350. The Labute approximate surface area is 160 Å². The lowest BCUT2D eigenvalue weighted by molar-refractivity contribution is -0.122. The Balaban J connectivity index is 1.60. The highest BCUT2D eigenvalue weighted by molar-refractivity contribution is 7.89. The molecule has 1 fully saturated rings. The van der Waals surface area contributed by atoms with Crippen LogP contribution in [0.15, 0.2) is 59.5 Å². The van der Waals surface area contributed by atoms with Gasteiger partial charge < -0.3 is 11.1 Å². The van der Waals surface area contributed by atoms with Crippen molar-refractivity contribution >= 4 is 15.9 Å². The van der Waals surface area contributed by atoms with E-state index in [1.165, 1.54) is 0 Å². The first-order chi connectivity index (χ1) is 13.0. The van der Waals surface area contributed by atoms with Gasteiger partial charge in [0.15, 0.2) is 0 Å². The minimum atomic E-state index is -3.43. The standard InChI is InChI=1S/C20H25N3O3S/c21-19(17-7-3-1-4-8-17)20(24)22-15-16-9-11-18(12-10-16)27(25,26)23-13-5-2-6-14-23/h1,3-4,7-12,19H,2,5-6,13-15,21H2,(H,22,24). The molecule has 0 bridgehead atoms. The van der Waals surface area contributed by atoms with Crippen molar-refractivity contribution in [1.82, 2.24) is 9.62 Å². The summed E-state index contributed by atoms with van der Waals surface area (Å²) in [4.78, 5) is 12.5. The second kappa shape index (κ2) is 8.65. The number of piperidine rings is 1. The molecular weight excluding hydrogens is 362 g/mol. The van der Waals surface area contributed by atoms with E-state index in [0.717, 1.165) is 30.4 Å². The predicted octanol–water partition coefficient (Wildman–Crippen LogP) is 2.18. The van der Waals surface area contributed by atoms with Crippen LogP contribution in [0.4, 0.5) is 0 Å². The molecule has 0 radical (unpaired) electrons. The summed E-state index contributed by atoms with van der Waals surface area (Å²) in [5, 5.41) is 2.79. The number of nitrogens with two attached hydrogens (primary N) is 1. The van der Waals surface area contributed by atoms with Crippen molar-refractivity contribution in [3.05, 3.63) is 65.7 Å². The average Bonchev–Trinajstić information content (AvgIpc) is 2.73. The fourth-order valence-corrected chi connectivity index (χ4v) is 4.66. The number of rotatable bonds is 6. The van der Waals surface area contributed by atoms with E-state index >= 15 is 0 Å². The van der Waals surface area contributed by atoms with E-state index in [-0.39, 0.29) is 5.91 Å². The van der Waals surface area contributed by atoms with E-state index in [0.29, 0.717) is 24.5 Å². The highest BCUT2D eigenvalue weighted by Gasteiger charge is 2.25. The molecule has 1 aliphatic heterocycles. The van der Waals surface area contributed by atoms with Crippen LogP contribution in [0.25, 0.3) is 0 Å². The lowest BCUT2D eigenvalue weighted by Crippen LogP contribution is -2.35. The van der Waals surface area contributed by atoms with Crippen molar-refractivity contribution in [3.8, 4) is 0 Å². The number of carbonyl (C=O) groups excluding carboxylic acids is 1.